The molecule has 0 aromatic carbocycles. The summed E-state index contributed by atoms with van der Waals surface area (Å²) < 4.78 is 1.82. The van der Waals surface area contributed by atoms with Crippen molar-refractivity contribution >= 4 is 11.3 Å². The third-order valence-electron chi connectivity index (χ3n) is 2.64. The number of aromatic nitrogens is 2. The Labute approximate surface area is 99.9 Å². The van der Waals surface area contributed by atoms with Gasteiger partial charge in [0.25, 0.3) is 0 Å². The minimum atomic E-state index is 0.127. The number of rotatable bonds is 3. The van der Waals surface area contributed by atoms with Crippen LogP contribution in [0.15, 0.2) is 24.4 Å². The van der Waals surface area contributed by atoms with Gasteiger partial charge in [0.15, 0.2) is 0 Å². The van der Waals surface area contributed by atoms with Crippen LogP contribution >= 0.6 is 11.3 Å². The fraction of sp³-hybridized carbons (Fsp3) is 0.417. The highest BCUT2D eigenvalue weighted by Gasteiger charge is 2.14. The van der Waals surface area contributed by atoms with Crippen molar-refractivity contribution < 1.29 is 0 Å². The molecule has 2 aromatic rings. The van der Waals surface area contributed by atoms with Crippen LogP contribution in [-0.2, 0) is 7.05 Å². The molecule has 0 spiro atoms. The molecular weight excluding hydrogens is 218 g/mol. The van der Waals surface area contributed by atoms with Gasteiger partial charge in [-0.15, -0.1) is 11.3 Å². The molecule has 0 aliphatic rings. The summed E-state index contributed by atoms with van der Waals surface area (Å²) in [6.07, 6.45) is 1.96. The van der Waals surface area contributed by atoms with Gasteiger partial charge in [-0.25, -0.2) is 0 Å². The van der Waals surface area contributed by atoms with Crippen LogP contribution in [0.4, 0.5) is 0 Å². The molecule has 86 valence electrons. The highest BCUT2D eigenvalue weighted by Crippen LogP contribution is 2.31. The van der Waals surface area contributed by atoms with E-state index in [-0.39, 0.29) is 6.04 Å². The van der Waals surface area contributed by atoms with Crippen LogP contribution in [0.1, 0.15) is 24.8 Å². The average molecular weight is 235 g/mol. The van der Waals surface area contributed by atoms with Gasteiger partial charge in [-0.3, -0.25) is 4.68 Å². The van der Waals surface area contributed by atoms with Gasteiger partial charge >= 0.3 is 0 Å². The predicted molar refractivity (Wildman–Crippen MR) is 68.3 cm³/mol. The lowest BCUT2D eigenvalue weighted by atomic mass is 10.0. The van der Waals surface area contributed by atoms with Crippen molar-refractivity contribution in [2.75, 3.05) is 0 Å². The Morgan fingerprint density at radius 1 is 1.31 bits per heavy atom. The first kappa shape index (κ1) is 11.4. The number of thiophene rings is 1. The Kier molecular flexibility index (Phi) is 3.12. The predicted octanol–water partition coefficient (Wildman–Crippen LogP) is 2.80. The molecule has 0 radical (unpaired) electrons. The first-order valence-electron chi connectivity index (χ1n) is 5.43. The summed E-state index contributed by atoms with van der Waals surface area (Å²) in [6, 6.07) is 6.36. The quantitative estimate of drug-likeness (QED) is 0.889. The van der Waals surface area contributed by atoms with Gasteiger partial charge < -0.3 is 5.73 Å². The Balaban J connectivity index is 2.26. The number of aryl methyl sites for hydroxylation is 1. The van der Waals surface area contributed by atoms with Crippen molar-refractivity contribution in [3.8, 4) is 10.6 Å². The van der Waals surface area contributed by atoms with E-state index in [0.717, 1.165) is 5.69 Å². The van der Waals surface area contributed by atoms with Crippen LogP contribution in [0.25, 0.3) is 10.6 Å². The molecule has 2 rings (SSSR count). The monoisotopic (exact) mass is 235 g/mol. The zero-order chi connectivity index (χ0) is 11.7. The Morgan fingerprint density at radius 2 is 2.06 bits per heavy atom. The molecule has 2 N–H and O–H groups in total. The molecule has 0 fully saturated rings. The Morgan fingerprint density at radius 3 is 2.62 bits per heavy atom. The molecule has 4 heteroatoms. The van der Waals surface area contributed by atoms with Gasteiger partial charge in [-0.1, -0.05) is 13.8 Å². The van der Waals surface area contributed by atoms with Gasteiger partial charge in [-0.2, -0.15) is 5.10 Å². The van der Waals surface area contributed by atoms with Crippen molar-refractivity contribution in [1.29, 1.82) is 0 Å². The first-order chi connectivity index (χ1) is 7.58. The van der Waals surface area contributed by atoms with Crippen LogP contribution in [0.3, 0.4) is 0 Å². The molecule has 1 unspecified atom stereocenters. The lowest BCUT2D eigenvalue weighted by Crippen LogP contribution is -2.14. The van der Waals surface area contributed by atoms with Crippen molar-refractivity contribution in [2.45, 2.75) is 19.9 Å². The maximum atomic E-state index is 6.12. The zero-order valence-corrected chi connectivity index (χ0v) is 10.7. The van der Waals surface area contributed by atoms with Crippen LogP contribution in [0.5, 0.6) is 0 Å². The number of nitrogens with zero attached hydrogens (tertiary/aromatic N) is 2. The highest BCUT2D eigenvalue weighted by atomic mass is 32.1. The van der Waals surface area contributed by atoms with Gasteiger partial charge in [0, 0.05) is 24.2 Å². The second kappa shape index (κ2) is 4.39. The lowest BCUT2D eigenvalue weighted by molar-refractivity contribution is 0.521. The Bertz CT molecular complexity index is 470. The van der Waals surface area contributed by atoms with Crippen molar-refractivity contribution in [3.05, 3.63) is 29.3 Å². The van der Waals surface area contributed by atoms with E-state index in [2.05, 4.69) is 31.1 Å². The van der Waals surface area contributed by atoms with E-state index >= 15 is 0 Å². The van der Waals surface area contributed by atoms with Gasteiger partial charge in [0.1, 0.15) is 5.69 Å². The number of hydrogen-bond acceptors (Lipinski definition) is 3. The molecule has 16 heavy (non-hydrogen) atoms. The molecule has 1 atom stereocenters. The molecule has 0 saturated heterocycles. The standard InChI is InChI=1S/C12H17N3S/c1-8(2)12(13)11-5-4-10(16-11)9-6-7-15(3)14-9/h4-8,12H,13H2,1-3H3. The molecule has 0 aliphatic heterocycles. The van der Waals surface area contributed by atoms with Gasteiger partial charge in [0.05, 0.1) is 4.88 Å². The summed E-state index contributed by atoms with van der Waals surface area (Å²) in [7, 11) is 1.93. The van der Waals surface area contributed by atoms with Crippen LogP contribution in [0.2, 0.25) is 0 Å². The van der Waals surface area contributed by atoms with Gasteiger partial charge in [0.2, 0.25) is 0 Å². The Hall–Kier alpha value is -1.13. The summed E-state index contributed by atoms with van der Waals surface area (Å²) in [5.41, 5.74) is 7.14. The summed E-state index contributed by atoms with van der Waals surface area (Å²) in [6.45, 7) is 4.29. The molecule has 2 heterocycles. The fourth-order valence-corrected chi connectivity index (χ4v) is 2.69. The largest absolute Gasteiger partial charge is 0.323 e. The summed E-state index contributed by atoms with van der Waals surface area (Å²) in [5.74, 6) is 0.468. The van der Waals surface area contributed by atoms with Crippen LogP contribution in [0, 0.1) is 5.92 Å². The third-order valence-corrected chi connectivity index (χ3v) is 3.85. The average Bonchev–Trinajstić information content (AvgIpc) is 2.84. The molecule has 0 saturated carbocycles. The van der Waals surface area contributed by atoms with Crippen molar-refractivity contribution in [1.82, 2.24) is 9.78 Å². The topological polar surface area (TPSA) is 43.8 Å². The van der Waals surface area contributed by atoms with E-state index in [4.69, 9.17) is 5.73 Å². The molecule has 3 nitrogen and oxygen atoms in total. The third kappa shape index (κ3) is 2.18. The zero-order valence-electron chi connectivity index (χ0n) is 9.84. The van der Waals surface area contributed by atoms with Crippen LogP contribution in [-0.4, -0.2) is 9.78 Å². The van der Waals surface area contributed by atoms with E-state index in [1.165, 1.54) is 9.75 Å². The van der Waals surface area contributed by atoms with E-state index in [1.807, 2.05) is 24.0 Å². The summed E-state index contributed by atoms with van der Waals surface area (Å²) in [4.78, 5) is 2.42. The number of hydrogen-bond donors (Lipinski definition) is 1. The lowest BCUT2D eigenvalue weighted by Gasteiger charge is -2.12. The maximum Gasteiger partial charge on any atom is 0.102 e. The summed E-state index contributed by atoms with van der Waals surface area (Å²) in [5, 5.41) is 4.38. The normalized spacial score (nSPS) is 13.3. The minimum absolute atomic E-state index is 0.127. The SMILES string of the molecule is CC(C)C(N)c1ccc(-c2ccn(C)n2)s1. The molecule has 0 bridgehead atoms. The smallest absolute Gasteiger partial charge is 0.102 e. The second-order valence-corrected chi connectivity index (χ2v) is 5.46. The first-order valence-corrected chi connectivity index (χ1v) is 6.25. The molecule has 2 aromatic heterocycles. The second-order valence-electron chi connectivity index (χ2n) is 4.35. The summed E-state index contributed by atoms with van der Waals surface area (Å²) >= 11 is 1.73. The minimum Gasteiger partial charge on any atom is -0.323 e. The van der Waals surface area contributed by atoms with E-state index in [0.29, 0.717) is 5.92 Å². The van der Waals surface area contributed by atoms with Crippen molar-refractivity contribution in [3.63, 3.8) is 0 Å². The van der Waals surface area contributed by atoms with Gasteiger partial charge in [-0.05, 0) is 24.1 Å². The fourth-order valence-electron chi connectivity index (χ4n) is 1.54. The molecular formula is C12H17N3S. The molecule has 0 aliphatic carbocycles. The maximum absolute atomic E-state index is 6.12. The van der Waals surface area contributed by atoms with E-state index in [1.54, 1.807) is 11.3 Å². The van der Waals surface area contributed by atoms with E-state index < -0.39 is 0 Å². The van der Waals surface area contributed by atoms with E-state index in [9.17, 15) is 0 Å². The highest BCUT2D eigenvalue weighted by molar-refractivity contribution is 7.15. The van der Waals surface area contributed by atoms with Crippen LogP contribution < -0.4 is 5.73 Å². The number of nitrogens with two attached hydrogens (primary N) is 1. The molecule has 0 amide bonds. The van der Waals surface area contributed by atoms with Crippen molar-refractivity contribution in [2.24, 2.45) is 18.7 Å².